The molecule has 5 fully saturated rings. The van der Waals surface area contributed by atoms with Crippen LogP contribution in [0, 0.1) is 47.3 Å². The fraction of sp³-hybridized carbons (Fsp3) is 1.00. The molecular formula is C16H26ClN. The number of nitrogens with one attached hydrogen (secondary N) is 1. The molecule has 5 aliphatic carbocycles. The summed E-state index contributed by atoms with van der Waals surface area (Å²) >= 11 is 0. The Balaban J connectivity index is 0.000000882. The lowest BCUT2D eigenvalue weighted by atomic mass is 9.59. The van der Waals surface area contributed by atoms with Gasteiger partial charge in [-0.1, -0.05) is 19.8 Å². The van der Waals surface area contributed by atoms with Crippen molar-refractivity contribution in [2.75, 3.05) is 6.54 Å². The number of halogens is 1. The van der Waals surface area contributed by atoms with Crippen molar-refractivity contribution in [2.24, 2.45) is 47.3 Å². The van der Waals surface area contributed by atoms with E-state index in [0.717, 1.165) is 17.9 Å². The van der Waals surface area contributed by atoms with E-state index in [-0.39, 0.29) is 12.4 Å². The minimum atomic E-state index is 0. The fourth-order valence-corrected chi connectivity index (χ4v) is 7.39. The van der Waals surface area contributed by atoms with Gasteiger partial charge in [0.05, 0.1) is 0 Å². The largest absolute Gasteiger partial charge is 0.313 e. The summed E-state index contributed by atoms with van der Waals surface area (Å²) in [4.78, 5) is 0. The van der Waals surface area contributed by atoms with Gasteiger partial charge >= 0.3 is 0 Å². The smallest absolute Gasteiger partial charge is 0.0135 e. The molecule has 5 aliphatic rings. The molecule has 0 aromatic heterocycles. The van der Waals surface area contributed by atoms with Gasteiger partial charge < -0.3 is 5.32 Å². The molecule has 102 valence electrons. The third kappa shape index (κ3) is 1.11. The molecule has 0 aliphatic heterocycles. The van der Waals surface area contributed by atoms with Gasteiger partial charge in [0, 0.05) is 6.04 Å². The quantitative estimate of drug-likeness (QED) is 0.754. The van der Waals surface area contributed by atoms with Gasteiger partial charge in [0.25, 0.3) is 0 Å². The number of rotatable bonds is 5. The average Bonchev–Trinajstić information content (AvgIpc) is 2.83. The van der Waals surface area contributed by atoms with Crippen molar-refractivity contribution in [2.45, 2.75) is 45.1 Å². The lowest BCUT2D eigenvalue weighted by molar-refractivity contribution is 0.00976. The Hall–Kier alpha value is 0.250. The summed E-state index contributed by atoms with van der Waals surface area (Å²) in [5.41, 5.74) is 0. The average molecular weight is 268 g/mol. The monoisotopic (exact) mass is 267 g/mol. The Labute approximate surface area is 117 Å². The van der Waals surface area contributed by atoms with Crippen molar-refractivity contribution < 1.29 is 0 Å². The molecule has 5 saturated carbocycles. The molecule has 18 heavy (non-hydrogen) atoms. The van der Waals surface area contributed by atoms with Gasteiger partial charge in [-0.2, -0.15) is 0 Å². The third-order valence-electron chi connectivity index (χ3n) is 7.48. The van der Waals surface area contributed by atoms with Gasteiger partial charge in [-0.15, -0.1) is 12.4 Å². The van der Waals surface area contributed by atoms with Gasteiger partial charge in [0.1, 0.15) is 0 Å². The molecule has 5 rings (SSSR count). The molecule has 2 bridgehead atoms. The zero-order valence-corrected chi connectivity index (χ0v) is 12.2. The van der Waals surface area contributed by atoms with Gasteiger partial charge in [-0.05, 0) is 73.2 Å². The first kappa shape index (κ1) is 12.0. The van der Waals surface area contributed by atoms with Crippen molar-refractivity contribution in [3.8, 4) is 0 Å². The lowest BCUT2D eigenvalue weighted by Crippen LogP contribution is -2.51. The molecule has 0 radical (unpaired) electrons. The van der Waals surface area contributed by atoms with Crippen molar-refractivity contribution in [1.29, 1.82) is 0 Å². The minimum Gasteiger partial charge on any atom is -0.313 e. The molecule has 9 atom stereocenters. The second-order valence-electron chi connectivity index (χ2n) is 7.62. The Kier molecular flexibility index (Phi) is 2.59. The second kappa shape index (κ2) is 3.88. The Morgan fingerprint density at radius 1 is 0.833 bits per heavy atom. The highest BCUT2D eigenvalue weighted by molar-refractivity contribution is 5.85. The summed E-state index contributed by atoms with van der Waals surface area (Å²) in [7, 11) is 0. The number of fused-ring (bicyclic) bond motifs is 2. The van der Waals surface area contributed by atoms with E-state index in [1.165, 1.54) is 61.3 Å². The molecule has 9 unspecified atom stereocenters. The third-order valence-corrected chi connectivity index (χ3v) is 7.48. The molecule has 2 heteroatoms. The highest BCUT2D eigenvalue weighted by Crippen LogP contribution is 2.82. The van der Waals surface area contributed by atoms with Crippen LogP contribution in [0.15, 0.2) is 0 Å². The van der Waals surface area contributed by atoms with Gasteiger partial charge in [-0.3, -0.25) is 0 Å². The summed E-state index contributed by atoms with van der Waals surface area (Å²) in [5.74, 6) is 9.45. The van der Waals surface area contributed by atoms with Crippen molar-refractivity contribution in [3.05, 3.63) is 0 Å². The van der Waals surface area contributed by atoms with E-state index < -0.39 is 0 Å². The van der Waals surface area contributed by atoms with Crippen LogP contribution in [0.25, 0.3) is 0 Å². The van der Waals surface area contributed by atoms with Crippen molar-refractivity contribution in [1.82, 2.24) is 5.32 Å². The number of unbranched alkanes of at least 4 members (excludes halogenated alkanes) is 2. The van der Waals surface area contributed by atoms with Crippen molar-refractivity contribution in [3.63, 3.8) is 0 Å². The fourth-order valence-electron chi connectivity index (χ4n) is 7.39. The molecule has 0 spiro atoms. The maximum Gasteiger partial charge on any atom is 0.0135 e. The zero-order chi connectivity index (χ0) is 11.1. The molecule has 0 heterocycles. The molecule has 1 nitrogen and oxygen atoms in total. The van der Waals surface area contributed by atoms with E-state index in [4.69, 9.17) is 0 Å². The molecule has 0 aromatic rings. The van der Waals surface area contributed by atoms with Crippen LogP contribution >= 0.6 is 12.4 Å². The van der Waals surface area contributed by atoms with Gasteiger partial charge in [-0.25, -0.2) is 0 Å². The highest BCUT2D eigenvalue weighted by atomic mass is 35.5. The summed E-state index contributed by atoms with van der Waals surface area (Å²) in [6.45, 7) is 3.61. The maximum absolute atomic E-state index is 3.99. The van der Waals surface area contributed by atoms with Crippen LogP contribution in [0.2, 0.25) is 0 Å². The zero-order valence-electron chi connectivity index (χ0n) is 11.3. The van der Waals surface area contributed by atoms with Gasteiger partial charge in [0.2, 0.25) is 0 Å². The van der Waals surface area contributed by atoms with Crippen LogP contribution in [0.3, 0.4) is 0 Å². The predicted molar refractivity (Wildman–Crippen MR) is 75.7 cm³/mol. The van der Waals surface area contributed by atoms with Crippen LogP contribution in [0.4, 0.5) is 0 Å². The standard InChI is InChI=1S/C16H25N.ClH/c1-2-3-4-5-17-16-13-9-7-10-12-8(9)6-11(13)14(12)15(10)16;/h8-17H,2-7H2,1H3;1H. The Morgan fingerprint density at radius 2 is 1.56 bits per heavy atom. The van der Waals surface area contributed by atoms with Crippen LogP contribution in [-0.2, 0) is 0 Å². The van der Waals surface area contributed by atoms with E-state index in [9.17, 15) is 0 Å². The lowest BCUT2D eigenvalue weighted by Gasteiger charge is -2.48. The molecule has 0 saturated heterocycles. The first-order valence-corrected chi connectivity index (χ1v) is 8.15. The number of hydrogen-bond donors (Lipinski definition) is 1. The predicted octanol–water partition coefficient (Wildman–Crippen LogP) is 3.33. The highest BCUT2D eigenvalue weighted by Gasteiger charge is 2.80. The first-order valence-electron chi connectivity index (χ1n) is 8.15. The van der Waals surface area contributed by atoms with Crippen LogP contribution < -0.4 is 5.32 Å². The summed E-state index contributed by atoms with van der Waals surface area (Å²) in [6.07, 6.45) is 7.47. The summed E-state index contributed by atoms with van der Waals surface area (Å²) < 4.78 is 0. The van der Waals surface area contributed by atoms with E-state index in [1.807, 2.05) is 0 Å². The van der Waals surface area contributed by atoms with E-state index >= 15 is 0 Å². The molecule has 0 aromatic carbocycles. The summed E-state index contributed by atoms with van der Waals surface area (Å²) in [5, 5.41) is 3.99. The van der Waals surface area contributed by atoms with E-state index in [2.05, 4.69) is 12.2 Å². The minimum absolute atomic E-state index is 0. The van der Waals surface area contributed by atoms with Crippen LogP contribution in [-0.4, -0.2) is 12.6 Å². The normalized spacial score (nSPS) is 60.2. The van der Waals surface area contributed by atoms with Crippen LogP contribution in [0.1, 0.15) is 39.0 Å². The SMILES string of the molecule is CCCCCNC1C2C3CC4C5C3CC2C5C41.Cl. The van der Waals surface area contributed by atoms with Crippen molar-refractivity contribution >= 4 is 12.4 Å². The summed E-state index contributed by atoms with van der Waals surface area (Å²) in [6, 6.07) is 0.967. The first-order chi connectivity index (χ1) is 8.42. The maximum atomic E-state index is 3.99. The molecule has 0 amide bonds. The second-order valence-corrected chi connectivity index (χ2v) is 7.62. The molecule has 1 N–H and O–H groups in total. The Morgan fingerprint density at radius 3 is 2.33 bits per heavy atom. The van der Waals surface area contributed by atoms with Gasteiger partial charge in [0.15, 0.2) is 0 Å². The number of hydrogen-bond acceptors (Lipinski definition) is 1. The van der Waals surface area contributed by atoms with E-state index in [0.29, 0.717) is 0 Å². The Bertz CT molecular complexity index is 351. The van der Waals surface area contributed by atoms with E-state index in [1.54, 1.807) is 12.8 Å². The molecular weight excluding hydrogens is 242 g/mol. The van der Waals surface area contributed by atoms with Crippen LogP contribution in [0.5, 0.6) is 0 Å². The topological polar surface area (TPSA) is 12.0 Å².